The summed E-state index contributed by atoms with van der Waals surface area (Å²) in [6.45, 7) is 0. The molecule has 0 radical (unpaired) electrons. The lowest BCUT2D eigenvalue weighted by atomic mass is 10.2. The van der Waals surface area contributed by atoms with Gasteiger partial charge in [0.1, 0.15) is 0 Å². The molecule has 2 amide bonds. The van der Waals surface area contributed by atoms with Gasteiger partial charge in [-0.05, 0) is 12.1 Å². The number of nitrogens with zero attached hydrogens (tertiary/aromatic N) is 2. The molecule has 2 fully saturated rings. The van der Waals surface area contributed by atoms with Crippen molar-refractivity contribution in [1.29, 1.82) is 0 Å². The maximum Gasteiger partial charge on any atom is 0.324 e. The largest absolute Gasteiger partial charge is 0.332 e. The first-order valence-electron chi connectivity index (χ1n) is 6.94. The quantitative estimate of drug-likeness (QED) is 0.823. The first-order valence-corrected chi connectivity index (χ1v) is 10.0. The van der Waals surface area contributed by atoms with Crippen molar-refractivity contribution in [2.45, 2.75) is 12.1 Å². The van der Waals surface area contributed by atoms with Gasteiger partial charge in [0.25, 0.3) is 0 Å². The van der Waals surface area contributed by atoms with Gasteiger partial charge in [-0.25, -0.2) is 18.2 Å². The van der Waals surface area contributed by atoms with Crippen LogP contribution in [-0.2, 0) is 9.84 Å². The van der Waals surface area contributed by atoms with Gasteiger partial charge in [0.05, 0.1) is 29.3 Å². The van der Waals surface area contributed by atoms with Gasteiger partial charge < -0.3 is 5.32 Å². The van der Waals surface area contributed by atoms with Crippen LogP contribution in [0.3, 0.4) is 0 Å². The molecule has 0 aliphatic carbocycles. The summed E-state index contributed by atoms with van der Waals surface area (Å²) in [4.78, 5) is 18.1. The van der Waals surface area contributed by atoms with Gasteiger partial charge in [-0.3, -0.25) is 4.90 Å². The first-order chi connectivity index (χ1) is 10.9. The third-order valence-corrected chi connectivity index (χ3v) is 6.83. The lowest BCUT2D eigenvalue weighted by Gasteiger charge is -2.17. The molecule has 9 heteroatoms. The number of hydrogen-bond acceptors (Lipinski definition) is 5. The molecule has 23 heavy (non-hydrogen) atoms. The van der Waals surface area contributed by atoms with Crippen LogP contribution >= 0.6 is 22.9 Å². The average Bonchev–Trinajstić information content (AvgIpc) is 3.12. The number of aromatic nitrogens is 1. The lowest BCUT2D eigenvalue weighted by Crippen LogP contribution is -2.36. The van der Waals surface area contributed by atoms with Crippen molar-refractivity contribution in [3.05, 3.63) is 34.7 Å². The number of carbonyl (C=O) groups excluding carboxylic acids is 1. The summed E-state index contributed by atoms with van der Waals surface area (Å²) in [7, 11) is -3.11. The number of carbonyl (C=O) groups is 1. The highest BCUT2D eigenvalue weighted by Crippen LogP contribution is 2.34. The smallest absolute Gasteiger partial charge is 0.324 e. The molecule has 2 atom stereocenters. The topological polar surface area (TPSA) is 79.4 Å². The molecule has 0 bridgehead atoms. The molecule has 2 aliphatic heterocycles. The van der Waals surface area contributed by atoms with Crippen LogP contribution in [0.2, 0.25) is 5.02 Å². The molecule has 2 aromatic rings. The molecular formula is C14H12ClN3O3S2. The van der Waals surface area contributed by atoms with Crippen LogP contribution in [0, 0.1) is 0 Å². The van der Waals surface area contributed by atoms with E-state index in [9.17, 15) is 13.2 Å². The van der Waals surface area contributed by atoms with E-state index < -0.39 is 9.84 Å². The van der Waals surface area contributed by atoms with Gasteiger partial charge in [-0.1, -0.05) is 23.7 Å². The predicted molar refractivity (Wildman–Crippen MR) is 89.8 cm³/mol. The van der Waals surface area contributed by atoms with Crippen LogP contribution < -0.4 is 10.2 Å². The number of hydrogen-bond donors (Lipinski definition) is 1. The van der Waals surface area contributed by atoms with Gasteiger partial charge in [0.15, 0.2) is 15.0 Å². The monoisotopic (exact) mass is 369 g/mol. The number of benzene rings is 1. The first kappa shape index (κ1) is 14.9. The van der Waals surface area contributed by atoms with E-state index >= 15 is 0 Å². The summed E-state index contributed by atoms with van der Waals surface area (Å²) in [5, 5.41) is 5.74. The molecule has 2 aliphatic rings. The SMILES string of the molecule is O=C1N[C@H]2CS(=O)(=O)C[C@H]2N1c1nc(-c2ccc(Cl)cc2)cs1. The maximum atomic E-state index is 12.2. The number of sulfone groups is 1. The van der Waals surface area contributed by atoms with Crippen LogP contribution in [0.4, 0.5) is 9.93 Å². The summed E-state index contributed by atoms with van der Waals surface area (Å²) in [6.07, 6.45) is 0. The second-order valence-electron chi connectivity index (χ2n) is 5.59. The van der Waals surface area contributed by atoms with Crippen LogP contribution in [-0.4, -0.2) is 43.0 Å². The fourth-order valence-corrected chi connectivity index (χ4v) is 5.86. The van der Waals surface area contributed by atoms with E-state index in [2.05, 4.69) is 10.3 Å². The number of nitrogens with one attached hydrogen (secondary N) is 1. The highest BCUT2D eigenvalue weighted by molar-refractivity contribution is 7.91. The minimum atomic E-state index is -3.11. The fraction of sp³-hybridized carbons (Fsp3) is 0.286. The average molecular weight is 370 g/mol. The van der Waals surface area contributed by atoms with Gasteiger partial charge in [-0.2, -0.15) is 0 Å². The minimum absolute atomic E-state index is 0.00464. The van der Waals surface area contributed by atoms with Gasteiger partial charge in [0, 0.05) is 16.0 Å². The molecule has 1 aromatic carbocycles. The zero-order chi connectivity index (χ0) is 16.2. The van der Waals surface area contributed by atoms with Crippen LogP contribution in [0.5, 0.6) is 0 Å². The Morgan fingerprint density at radius 1 is 1.26 bits per heavy atom. The Morgan fingerprint density at radius 2 is 2.00 bits per heavy atom. The Kier molecular flexibility index (Phi) is 3.36. The zero-order valence-electron chi connectivity index (χ0n) is 11.8. The molecular weight excluding hydrogens is 358 g/mol. The second-order valence-corrected chi connectivity index (χ2v) is 9.02. The predicted octanol–water partition coefficient (Wildman–Crippen LogP) is 2.16. The summed E-state index contributed by atoms with van der Waals surface area (Å²) < 4.78 is 23.6. The van der Waals surface area contributed by atoms with Gasteiger partial charge >= 0.3 is 6.03 Å². The Labute approximate surface area is 142 Å². The van der Waals surface area contributed by atoms with Crippen molar-refractivity contribution in [3.63, 3.8) is 0 Å². The highest BCUT2D eigenvalue weighted by Gasteiger charge is 2.50. The van der Waals surface area contributed by atoms with Crippen molar-refractivity contribution in [3.8, 4) is 11.3 Å². The molecule has 1 N–H and O–H groups in total. The third kappa shape index (κ3) is 2.60. The Hall–Kier alpha value is -1.64. The molecule has 0 unspecified atom stereocenters. The number of rotatable bonds is 2. The van der Waals surface area contributed by atoms with Gasteiger partial charge in [-0.15, -0.1) is 11.3 Å². The van der Waals surface area contributed by atoms with Crippen molar-refractivity contribution < 1.29 is 13.2 Å². The number of anilines is 1. The van der Waals surface area contributed by atoms with Gasteiger partial charge in [0.2, 0.25) is 0 Å². The normalized spacial score (nSPS) is 25.4. The Morgan fingerprint density at radius 3 is 2.74 bits per heavy atom. The van der Waals surface area contributed by atoms with E-state index in [0.29, 0.717) is 10.2 Å². The molecule has 0 spiro atoms. The molecule has 2 saturated heterocycles. The molecule has 4 rings (SSSR count). The van der Waals surface area contributed by atoms with E-state index in [4.69, 9.17) is 11.6 Å². The second kappa shape index (κ2) is 5.19. The summed E-state index contributed by atoms with van der Waals surface area (Å²) in [5.41, 5.74) is 1.63. The Balaban J connectivity index is 1.66. The standard InChI is InChI=1S/C14H12ClN3O3S2/c15-9-3-1-8(2-4-9)10-5-22-14(17-10)18-12-7-23(20,21)6-11(12)16-13(18)19/h1-5,11-12H,6-7H2,(H,16,19)/t11-,12+/m0/s1. The summed E-state index contributed by atoms with van der Waals surface area (Å²) in [6, 6.07) is 6.25. The van der Waals surface area contributed by atoms with Crippen LogP contribution in [0.25, 0.3) is 11.3 Å². The molecule has 120 valence electrons. The molecule has 3 heterocycles. The van der Waals surface area contributed by atoms with Crippen molar-refractivity contribution in [1.82, 2.24) is 10.3 Å². The lowest BCUT2D eigenvalue weighted by molar-refractivity contribution is 0.251. The maximum absolute atomic E-state index is 12.2. The van der Waals surface area contributed by atoms with Crippen molar-refractivity contribution in [2.24, 2.45) is 0 Å². The molecule has 6 nitrogen and oxygen atoms in total. The van der Waals surface area contributed by atoms with E-state index in [1.807, 2.05) is 17.5 Å². The van der Waals surface area contributed by atoms with E-state index in [0.717, 1.165) is 11.3 Å². The zero-order valence-corrected chi connectivity index (χ0v) is 14.2. The van der Waals surface area contributed by atoms with Crippen LogP contribution in [0.1, 0.15) is 0 Å². The van der Waals surface area contributed by atoms with Crippen LogP contribution in [0.15, 0.2) is 29.6 Å². The number of thiazole rings is 1. The van der Waals surface area contributed by atoms with Crippen molar-refractivity contribution >= 4 is 43.9 Å². The highest BCUT2D eigenvalue weighted by atomic mass is 35.5. The third-order valence-electron chi connectivity index (χ3n) is 4.02. The summed E-state index contributed by atoms with van der Waals surface area (Å²) >= 11 is 7.20. The number of halogens is 1. The number of urea groups is 1. The Bertz CT molecular complexity index is 879. The fourth-order valence-electron chi connectivity index (χ4n) is 2.96. The van der Waals surface area contributed by atoms with E-state index in [1.54, 1.807) is 12.1 Å². The van der Waals surface area contributed by atoms with E-state index in [-0.39, 0.29) is 29.6 Å². The minimum Gasteiger partial charge on any atom is -0.332 e. The molecule has 1 aromatic heterocycles. The van der Waals surface area contributed by atoms with Crippen molar-refractivity contribution in [2.75, 3.05) is 16.4 Å². The number of fused-ring (bicyclic) bond motifs is 1. The summed E-state index contributed by atoms with van der Waals surface area (Å²) in [5.74, 6) is -0.0262. The molecule has 0 saturated carbocycles. The number of amides is 2. The van der Waals surface area contributed by atoms with E-state index in [1.165, 1.54) is 16.2 Å².